The van der Waals surface area contributed by atoms with Gasteiger partial charge in [-0.3, -0.25) is 9.59 Å². The Balaban J connectivity index is 1.67. The minimum absolute atomic E-state index is 0.0359. The van der Waals surface area contributed by atoms with E-state index in [1.165, 1.54) is 12.5 Å². The molecule has 0 saturated carbocycles. The van der Waals surface area contributed by atoms with E-state index in [0.29, 0.717) is 23.2 Å². The molecule has 0 bridgehead atoms. The summed E-state index contributed by atoms with van der Waals surface area (Å²) < 4.78 is 39.1. The zero-order valence-electron chi connectivity index (χ0n) is 19.1. The fourth-order valence-corrected chi connectivity index (χ4v) is 4.41. The van der Waals surface area contributed by atoms with Gasteiger partial charge in [-0.15, -0.1) is 11.3 Å². The fourth-order valence-electron chi connectivity index (χ4n) is 3.10. The van der Waals surface area contributed by atoms with Gasteiger partial charge in [0.05, 0.1) is 33.5 Å². The Morgan fingerprint density at radius 1 is 1.08 bits per heavy atom. The van der Waals surface area contributed by atoms with E-state index in [1.807, 2.05) is 0 Å². The number of hydrogen-bond acceptors (Lipinski definition) is 7. The molecule has 1 unspecified atom stereocenters. The number of nitrogens with one attached hydrogen (secondary N) is 2. The molecule has 3 aromatic heterocycles. The molecular formula is C22H21Cl2F3N6O2S. The number of alkyl halides is 3. The van der Waals surface area contributed by atoms with Gasteiger partial charge in [0.2, 0.25) is 0 Å². The maximum atomic E-state index is 13.0. The number of thiazole rings is 1. The molecule has 0 radical (unpaired) electrons. The second kappa shape index (κ2) is 11.9. The van der Waals surface area contributed by atoms with Gasteiger partial charge in [-0.2, -0.15) is 13.2 Å². The van der Waals surface area contributed by atoms with Crippen molar-refractivity contribution in [2.45, 2.75) is 51.7 Å². The van der Waals surface area contributed by atoms with Gasteiger partial charge in [-0.05, 0) is 25.8 Å². The first kappa shape index (κ1) is 27.8. The number of unbranched alkanes of at least 4 members (excludes halogenated alkanes) is 2. The summed E-state index contributed by atoms with van der Waals surface area (Å²) in [5, 5.41) is 5.02. The normalized spacial score (nSPS) is 12.3. The Labute approximate surface area is 218 Å². The molecule has 0 saturated heterocycles. The minimum Gasteiger partial charge on any atom is -0.342 e. The molecule has 0 aromatic carbocycles. The van der Waals surface area contributed by atoms with Crippen molar-refractivity contribution in [3.05, 3.63) is 61.7 Å². The van der Waals surface area contributed by atoms with E-state index in [2.05, 4.69) is 37.5 Å². The molecular weight excluding hydrogens is 540 g/mol. The van der Waals surface area contributed by atoms with Crippen molar-refractivity contribution < 1.29 is 22.8 Å². The summed E-state index contributed by atoms with van der Waals surface area (Å²) in [5.41, 5.74) is -0.489. The van der Waals surface area contributed by atoms with Gasteiger partial charge in [-0.25, -0.2) is 19.9 Å². The molecule has 0 spiro atoms. The smallest absolute Gasteiger partial charge is 0.342 e. The summed E-state index contributed by atoms with van der Waals surface area (Å²) in [6.45, 7) is 3.74. The highest BCUT2D eigenvalue weighted by Gasteiger charge is 2.34. The zero-order valence-corrected chi connectivity index (χ0v) is 21.4. The molecule has 3 heterocycles. The van der Waals surface area contributed by atoms with Crippen molar-refractivity contribution in [3.63, 3.8) is 0 Å². The van der Waals surface area contributed by atoms with E-state index >= 15 is 0 Å². The monoisotopic (exact) mass is 560 g/mol. The lowest BCUT2D eigenvalue weighted by atomic mass is 10.1. The number of amides is 2. The average molecular weight is 561 g/mol. The first-order valence-corrected chi connectivity index (χ1v) is 12.4. The van der Waals surface area contributed by atoms with E-state index in [4.69, 9.17) is 23.2 Å². The molecule has 2 N–H and O–H groups in total. The zero-order chi connectivity index (χ0) is 26.5. The van der Waals surface area contributed by atoms with E-state index in [1.54, 1.807) is 6.92 Å². The Hall–Kier alpha value is -2.83. The molecule has 36 heavy (non-hydrogen) atoms. The molecule has 192 valence electrons. The molecule has 0 aliphatic heterocycles. The number of anilines is 1. The number of pyridine rings is 1. The number of nitrogens with zero attached hydrogens (tertiary/aromatic N) is 4. The Morgan fingerprint density at radius 2 is 1.83 bits per heavy atom. The van der Waals surface area contributed by atoms with Crippen molar-refractivity contribution in [1.82, 2.24) is 25.3 Å². The topological polar surface area (TPSA) is 110 Å². The number of aromatic nitrogens is 4. The predicted octanol–water partition coefficient (Wildman–Crippen LogP) is 6.13. The lowest BCUT2D eigenvalue weighted by Gasteiger charge is -2.12. The number of aryl methyl sites for hydroxylation is 1. The van der Waals surface area contributed by atoms with Crippen LogP contribution < -0.4 is 10.6 Å². The molecule has 0 aliphatic carbocycles. The molecule has 0 aliphatic rings. The highest BCUT2D eigenvalue weighted by Crippen LogP contribution is 2.35. The summed E-state index contributed by atoms with van der Waals surface area (Å²) >= 11 is 12.9. The molecule has 2 amide bonds. The SMILES string of the molecule is CCCCCc1ncnc(C(=O)NC(C)c2ncc(C(=O)Nc3cc(C(F)(F)F)c(Cl)cn3)s2)c1Cl. The predicted molar refractivity (Wildman–Crippen MR) is 130 cm³/mol. The standard InChI is InChI=1S/C22H21Cl2F3N6O2S/c1-3-4-5-6-14-17(24)18(31-10-30-14)20(35)32-11(2)21-29-9-15(36-21)19(34)33-16-7-12(22(25,26)27)13(23)8-28-16/h7-11H,3-6H2,1-2H3,(H,32,35)(H,28,33,34). The fraction of sp³-hybridized carbons (Fsp3) is 0.364. The highest BCUT2D eigenvalue weighted by molar-refractivity contribution is 7.13. The highest BCUT2D eigenvalue weighted by atomic mass is 35.5. The second-order valence-corrected chi connectivity index (χ2v) is 9.55. The Morgan fingerprint density at radius 3 is 2.53 bits per heavy atom. The summed E-state index contributed by atoms with van der Waals surface area (Å²) in [5.74, 6) is -1.56. The van der Waals surface area contributed by atoms with Gasteiger partial charge in [0.25, 0.3) is 11.8 Å². The van der Waals surface area contributed by atoms with Crippen molar-refractivity contribution in [2.75, 3.05) is 5.32 Å². The molecule has 3 aromatic rings. The third-order valence-electron chi connectivity index (χ3n) is 4.96. The van der Waals surface area contributed by atoms with Crippen LogP contribution in [0.15, 0.2) is 24.8 Å². The molecule has 14 heteroatoms. The number of hydrogen-bond donors (Lipinski definition) is 2. The summed E-state index contributed by atoms with van der Waals surface area (Å²) in [4.78, 5) is 41.4. The van der Waals surface area contributed by atoms with Crippen LogP contribution in [-0.2, 0) is 12.6 Å². The lowest BCUT2D eigenvalue weighted by molar-refractivity contribution is -0.137. The van der Waals surface area contributed by atoms with Crippen LogP contribution in [0, 0.1) is 0 Å². The maximum absolute atomic E-state index is 13.0. The van der Waals surface area contributed by atoms with Crippen molar-refractivity contribution in [3.8, 4) is 0 Å². The van der Waals surface area contributed by atoms with Gasteiger partial charge in [-0.1, -0.05) is 43.0 Å². The van der Waals surface area contributed by atoms with Gasteiger partial charge >= 0.3 is 6.18 Å². The number of rotatable bonds is 9. The van der Waals surface area contributed by atoms with Gasteiger partial charge < -0.3 is 10.6 Å². The van der Waals surface area contributed by atoms with Crippen LogP contribution in [0.2, 0.25) is 10.0 Å². The van der Waals surface area contributed by atoms with Gasteiger partial charge in [0, 0.05) is 6.20 Å². The van der Waals surface area contributed by atoms with Crippen LogP contribution in [0.5, 0.6) is 0 Å². The van der Waals surface area contributed by atoms with Crippen LogP contribution in [0.3, 0.4) is 0 Å². The lowest BCUT2D eigenvalue weighted by Crippen LogP contribution is -2.28. The number of carbonyl (C=O) groups excluding carboxylic acids is 2. The quantitative estimate of drug-likeness (QED) is 0.304. The van der Waals surface area contributed by atoms with Gasteiger partial charge in [0.15, 0.2) is 0 Å². The maximum Gasteiger partial charge on any atom is 0.418 e. The first-order valence-electron chi connectivity index (χ1n) is 10.8. The third kappa shape index (κ3) is 6.89. The Bertz CT molecular complexity index is 1250. The van der Waals surface area contributed by atoms with Crippen molar-refractivity contribution in [1.29, 1.82) is 0 Å². The van der Waals surface area contributed by atoms with E-state index in [-0.39, 0.29) is 21.4 Å². The average Bonchev–Trinajstić information content (AvgIpc) is 3.31. The summed E-state index contributed by atoms with van der Waals surface area (Å²) in [6.07, 6.45) is 2.20. The van der Waals surface area contributed by atoms with Gasteiger partial charge in [0.1, 0.15) is 27.7 Å². The van der Waals surface area contributed by atoms with Crippen molar-refractivity contribution in [2.24, 2.45) is 0 Å². The second-order valence-electron chi connectivity index (χ2n) is 7.70. The van der Waals surface area contributed by atoms with Crippen molar-refractivity contribution >= 4 is 52.2 Å². The van der Waals surface area contributed by atoms with Crippen LogP contribution in [0.1, 0.15) is 75.6 Å². The largest absolute Gasteiger partial charge is 0.418 e. The van der Waals surface area contributed by atoms with E-state index < -0.39 is 34.6 Å². The Kier molecular flexibility index (Phi) is 9.20. The third-order valence-corrected chi connectivity index (χ3v) is 6.84. The first-order chi connectivity index (χ1) is 17.0. The summed E-state index contributed by atoms with van der Waals surface area (Å²) in [6, 6.07) is 0.0385. The van der Waals surface area contributed by atoms with E-state index in [9.17, 15) is 22.8 Å². The number of carbonyl (C=O) groups is 2. The van der Waals surface area contributed by atoms with E-state index in [0.717, 1.165) is 36.8 Å². The van der Waals surface area contributed by atoms with Crippen LogP contribution in [0.4, 0.5) is 19.0 Å². The summed E-state index contributed by atoms with van der Waals surface area (Å²) in [7, 11) is 0. The molecule has 1 atom stereocenters. The number of halogens is 5. The van der Waals surface area contributed by atoms with Crippen LogP contribution in [-0.4, -0.2) is 31.8 Å². The minimum atomic E-state index is -4.70. The van der Waals surface area contributed by atoms with Crippen LogP contribution in [0.25, 0.3) is 0 Å². The molecule has 8 nitrogen and oxygen atoms in total. The molecule has 0 fully saturated rings. The van der Waals surface area contributed by atoms with Crippen LogP contribution >= 0.6 is 34.5 Å². The molecule has 3 rings (SSSR count).